The van der Waals surface area contributed by atoms with Crippen molar-refractivity contribution in [3.05, 3.63) is 0 Å². The molecule has 1 aliphatic rings. The van der Waals surface area contributed by atoms with E-state index in [1.54, 1.807) is 0 Å². The Labute approximate surface area is 90.4 Å². The molecule has 0 aromatic heterocycles. The van der Waals surface area contributed by atoms with Gasteiger partial charge in [0.15, 0.2) is 0 Å². The number of carbonyl (C=O) groups excluding carboxylic acids is 1. The summed E-state index contributed by atoms with van der Waals surface area (Å²) in [7, 11) is 0. The van der Waals surface area contributed by atoms with Crippen molar-refractivity contribution in [3.8, 4) is 0 Å². The average molecular weight is 220 g/mol. The average Bonchev–Trinajstić information content (AvgIpc) is 2.17. The van der Waals surface area contributed by atoms with Crippen LogP contribution in [-0.4, -0.2) is 43.0 Å². The van der Waals surface area contributed by atoms with Gasteiger partial charge in [-0.2, -0.15) is 0 Å². The number of amides is 1. The standard InChI is InChI=1S/C10H18ClNO2/c1-9(2-4-11)3-5-12-6-7-14-8-10(12)13/h9H,2-8H2,1H3. The van der Waals surface area contributed by atoms with Gasteiger partial charge in [0.25, 0.3) is 0 Å². The smallest absolute Gasteiger partial charge is 0.248 e. The van der Waals surface area contributed by atoms with Crippen LogP contribution in [0, 0.1) is 5.92 Å². The molecule has 1 unspecified atom stereocenters. The zero-order chi connectivity index (χ0) is 10.4. The van der Waals surface area contributed by atoms with Gasteiger partial charge in [0, 0.05) is 19.0 Å². The predicted octanol–water partition coefficient (Wildman–Crippen LogP) is 1.50. The number of rotatable bonds is 5. The van der Waals surface area contributed by atoms with Gasteiger partial charge >= 0.3 is 0 Å². The van der Waals surface area contributed by atoms with Crippen LogP contribution in [0.5, 0.6) is 0 Å². The molecular formula is C10H18ClNO2. The van der Waals surface area contributed by atoms with E-state index in [1.807, 2.05) is 4.90 Å². The first kappa shape index (κ1) is 11.8. The maximum Gasteiger partial charge on any atom is 0.248 e. The fraction of sp³-hybridized carbons (Fsp3) is 0.900. The topological polar surface area (TPSA) is 29.5 Å². The maximum atomic E-state index is 11.3. The molecule has 0 N–H and O–H groups in total. The lowest BCUT2D eigenvalue weighted by atomic mass is 10.0. The van der Waals surface area contributed by atoms with Gasteiger partial charge in [0.05, 0.1) is 6.61 Å². The number of nitrogens with zero attached hydrogens (tertiary/aromatic N) is 1. The second-order valence-electron chi connectivity index (χ2n) is 3.80. The Bertz CT molecular complexity index is 187. The third kappa shape index (κ3) is 3.84. The summed E-state index contributed by atoms with van der Waals surface area (Å²) in [5.41, 5.74) is 0. The van der Waals surface area contributed by atoms with Crippen molar-refractivity contribution in [1.29, 1.82) is 0 Å². The number of halogens is 1. The molecular weight excluding hydrogens is 202 g/mol. The molecule has 0 aromatic carbocycles. The van der Waals surface area contributed by atoms with Gasteiger partial charge in [-0.3, -0.25) is 4.79 Å². The third-order valence-corrected chi connectivity index (χ3v) is 2.80. The monoisotopic (exact) mass is 219 g/mol. The minimum atomic E-state index is 0.120. The van der Waals surface area contributed by atoms with E-state index in [2.05, 4.69) is 6.92 Å². The maximum absolute atomic E-state index is 11.3. The van der Waals surface area contributed by atoms with E-state index in [1.165, 1.54) is 0 Å². The van der Waals surface area contributed by atoms with Crippen LogP contribution >= 0.6 is 11.6 Å². The van der Waals surface area contributed by atoms with Gasteiger partial charge in [-0.1, -0.05) is 6.92 Å². The molecule has 1 atom stereocenters. The second-order valence-corrected chi connectivity index (χ2v) is 4.18. The summed E-state index contributed by atoms with van der Waals surface area (Å²) in [5, 5.41) is 0. The van der Waals surface area contributed by atoms with E-state index in [0.717, 1.165) is 25.9 Å². The lowest BCUT2D eigenvalue weighted by molar-refractivity contribution is -0.142. The van der Waals surface area contributed by atoms with E-state index >= 15 is 0 Å². The fourth-order valence-electron chi connectivity index (χ4n) is 1.49. The molecule has 0 bridgehead atoms. The van der Waals surface area contributed by atoms with E-state index in [9.17, 15) is 4.79 Å². The molecule has 1 heterocycles. The number of alkyl halides is 1. The van der Waals surface area contributed by atoms with Crippen LogP contribution in [0.3, 0.4) is 0 Å². The Morgan fingerprint density at radius 1 is 1.57 bits per heavy atom. The van der Waals surface area contributed by atoms with Crippen LogP contribution in [0.2, 0.25) is 0 Å². The van der Waals surface area contributed by atoms with Crippen LogP contribution in [-0.2, 0) is 9.53 Å². The van der Waals surface area contributed by atoms with E-state index < -0.39 is 0 Å². The van der Waals surface area contributed by atoms with Crippen molar-refractivity contribution in [3.63, 3.8) is 0 Å². The second kappa shape index (κ2) is 6.25. The molecule has 4 heteroatoms. The first-order chi connectivity index (χ1) is 6.74. The highest BCUT2D eigenvalue weighted by atomic mass is 35.5. The predicted molar refractivity (Wildman–Crippen MR) is 56.5 cm³/mol. The van der Waals surface area contributed by atoms with Gasteiger partial charge < -0.3 is 9.64 Å². The first-order valence-electron chi connectivity index (χ1n) is 5.15. The molecule has 1 saturated heterocycles. The largest absolute Gasteiger partial charge is 0.370 e. The number of carbonyl (C=O) groups is 1. The van der Waals surface area contributed by atoms with Crippen molar-refractivity contribution in [2.75, 3.05) is 32.2 Å². The molecule has 0 aromatic rings. The summed E-state index contributed by atoms with van der Waals surface area (Å²) in [6, 6.07) is 0. The summed E-state index contributed by atoms with van der Waals surface area (Å²) in [6.45, 7) is 4.69. The molecule has 1 fully saturated rings. The Morgan fingerprint density at radius 3 is 3.00 bits per heavy atom. The minimum absolute atomic E-state index is 0.120. The normalized spacial score (nSPS) is 19.9. The summed E-state index contributed by atoms with van der Waals surface area (Å²) >= 11 is 5.65. The Balaban J connectivity index is 2.19. The molecule has 0 aliphatic carbocycles. The van der Waals surface area contributed by atoms with Crippen molar-refractivity contribution in [1.82, 2.24) is 4.90 Å². The molecule has 1 amide bonds. The zero-order valence-corrected chi connectivity index (χ0v) is 9.42. The Morgan fingerprint density at radius 2 is 2.36 bits per heavy atom. The van der Waals surface area contributed by atoms with Crippen LogP contribution in [0.25, 0.3) is 0 Å². The number of morpholine rings is 1. The molecule has 1 aliphatic heterocycles. The van der Waals surface area contributed by atoms with E-state index in [-0.39, 0.29) is 12.5 Å². The van der Waals surface area contributed by atoms with Gasteiger partial charge in [0.2, 0.25) is 5.91 Å². The van der Waals surface area contributed by atoms with Crippen LogP contribution in [0.4, 0.5) is 0 Å². The highest BCUT2D eigenvalue weighted by Gasteiger charge is 2.18. The highest BCUT2D eigenvalue weighted by Crippen LogP contribution is 2.10. The Kier molecular flexibility index (Phi) is 5.26. The van der Waals surface area contributed by atoms with Crippen molar-refractivity contribution in [2.45, 2.75) is 19.8 Å². The lowest BCUT2D eigenvalue weighted by Gasteiger charge is -2.27. The number of ether oxygens (including phenoxy) is 1. The molecule has 0 radical (unpaired) electrons. The van der Waals surface area contributed by atoms with Gasteiger partial charge in [-0.15, -0.1) is 11.6 Å². The van der Waals surface area contributed by atoms with Gasteiger partial charge in [0.1, 0.15) is 6.61 Å². The minimum Gasteiger partial charge on any atom is -0.370 e. The molecule has 3 nitrogen and oxygen atoms in total. The number of hydrogen-bond donors (Lipinski definition) is 0. The summed E-state index contributed by atoms with van der Waals surface area (Å²) in [5.74, 6) is 1.43. The van der Waals surface area contributed by atoms with Crippen molar-refractivity contribution >= 4 is 17.5 Å². The van der Waals surface area contributed by atoms with Crippen LogP contribution in [0.1, 0.15) is 19.8 Å². The molecule has 0 saturated carbocycles. The number of hydrogen-bond acceptors (Lipinski definition) is 2. The molecule has 82 valence electrons. The summed E-state index contributed by atoms with van der Waals surface area (Å²) in [4.78, 5) is 13.2. The summed E-state index contributed by atoms with van der Waals surface area (Å²) in [6.07, 6.45) is 2.07. The zero-order valence-electron chi connectivity index (χ0n) is 8.67. The van der Waals surface area contributed by atoms with Gasteiger partial charge in [-0.25, -0.2) is 0 Å². The van der Waals surface area contributed by atoms with Crippen LogP contribution in [0.15, 0.2) is 0 Å². The van der Waals surface area contributed by atoms with E-state index in [0.29, 0.717) is 18.4 Å². The van der Waals surface area contributed by atoms with Crippen molar-refractivity contribution < 1.29 is 9.53 Å². The fourth-order valence-corrected chi connectivity index (χ4v) is 1.87. The lowest BCUT2D eigenvalue weighted by Crippen LogP contribution is -2.42. The van der Waals surface area contributed by atoms with Crippen molar-refractivity contribution in [2.24, 2.45) is 5.92 Å². The first-order valence-corrected chi connectivity index (χ1v) is 5.69. The Hall–Kier alpha value is -0.280. The summed E-state index contributed by atoms with van der Waals surface area (Å²) < 4.78 is 5.05. The van der Waals surface area contributed by atoms with Gasteiger partial charge in [-0.05, 0) is 18.8 Å². The SMILES string of the molecule is CC(CCCl)CCN1CCOCC1=O. The molecule has 0 spiro atoms. The van der Waals surface area contributed by atoms with E-state index in [4.69, 9.17) is 16.3 Å². The van der Waals surface area contributed by atoms with Crippen LogP contribution < -0.4 is 0 Å². The molecule has 1 rings (SSSR count). The third-order valence-electron chi connectivity index (χ3n) is 2.58. The molecule has 14 heavy (non-hydrogen) atoms. The quantitative estimate of drug-likeness (QED) is 0.656. The highest BCUT2D eigenvalue weighted by molar-refractivity contribution is 6.17.